The first-order valence-corrected chi connectivity index (χ1v) is 7.73. The van der Waals surface area contributed by atoms with E-state index in [2.05, 4.69) is 25.7 Å². The van der Waals surface area contributed by atoms with Crippen molar-refractivity contribution in [3.63, 3.8) is 0 Å². The van der Waals surface area contributed by atoms with E-state index >= 15 is 0 Å². The van der Waals surface area contributed by atoms with Crippen LogP contribution in [0, 0.1) is 42.9 Å². The van der Waals surface area contributed by atoms with Crippen molar-refractivity contribution in [1.82, 2.24) is 0 Å². The van der Waals surface area contributed by atoms with Gasteiger partial charge >= 0.3 is 0 Å². The second-order valence-electron chi connectivity index (χ2n) is 3.96. The summed E-state index contributed by atoms with van der Waals surface area (Å²) in [4.78, 5) is 0. The molecule has 1 aliphatic carbocycles. The molecule has 0 aromatic carbocycles. The molecule has 0 amide bonds. The van der Waals surface area contributed by atoms with Gasteiger partial charge in [0.05, 0.1) is 6.07 Å². The van der Waals surface area contributed by atoms with Gasteiger partial charge in [0.25, 0.3) is 0 Å². The predicted octanol–water partition coefficient (Wildman–Crippen LogP) is 2.14. The van der Waals surface area contributed by atoms with E-state index in [0.717, 1.165) is 5.92 Å². The molecule has 13 heavy (non-hydrogen) atoms. The van der Waals surface area contributed by atoms with Crippen LogP contribution < -0.4 is 0 Å². The highest BCUT2D eigenvalue weighted by Crippen LogP contribution is 2.29. The van der Waals surface area contributed by atoms with Gasteiger partial charge in [0.2, 0.25) is 0 Å². The predicted molar refractivity (Wildman–Crippen MR) is 54.3 cm³/mol. The first kappa shape index (κ1) is 10.7. The average Bonchev–Trinajstić information content (AvgIpc) is 2.50. The molecule has 1 aliphatic rings. The minimum absolute atomic E-state index is 0.387. The second kappa shape index (κ2) is 4.25. The van der Waals surface area contributed by atoms with Gasteiger partial charge in [-0.25, -0.2) is 0 Å². The van der Waals surface area contributed by atoms with Gasteiger partial charge in [-0.05, 0) is 45.3 Å². The Morgan fingerprint density at radius 1 is 1.31 bits per heavy atom. The minimum Gasteiger partial charge on any atom is -0.402 e. The fraction of sp³-hybridized carbons (Fsp3) is 0.400. The molecule has 3 heteroatoms. The summed E-state index contributed by atoms with van der Waals surface area (Å²) >= 11 is 0. The summed E-state index contributed by atoms with van der Waals surface area (Å²) in [6, 6.07) is 2.17. The lowest BCUT2D eigenvalue weighted by atomic mass is 10.0. The van der Waals surface area contributed by atoms with Crippen LogP contribution in [-0.2, 0) is 4.43 Å². The maximum atomic E-state index is 8.91. The third kappa shape index (κ3) is 3.49. The zero-order valence-corrected chi connectivity index (χ0v) is 9.24. The molecular weight excluding hydrogens is 178 g/mol. The third-order valence-corrected chi connectivity index (χ3v) is 2.52. The van der Waals surface area contributed by atoms with E-state index in [9.17, 15) is 0 Å². The molecule has 1 fully saturated rings. The molecule has 1 saturated carbocycles. The van der Waals surface area contributed by atoms with E-state index < -0.39 is 8.32 Å². The Hall–Kier alpha value is -0.333. The summed E-state index contributed by atoms with van der Waals surface area (Å²) < 4.78 is 5.71. The second-order valence-corrected chi connectivity index (χ2v) is 8.42. The monoisotopic (exact) mass is 192 g/mol. The number of nitriles is 1. The number of nitrogens with zero attached hydrogens (tertiary/aromatic N) is 1. The van der Waals surface area contributed by atoms with E-state index in [1.54, 1.807) is 0 Å². The van der Waals surface area contributed by atoms with Crippen LogP contribution in [0.4, 0.5) is 0 Å². The number of hydrogen-bond acceptors (Lipinski definition) is 2. The molecule has 0 spiro atoms. The van der Waals surface area contributed by atoms with Crippen molar-refractivity contribution in [3.8, 4) is 6.07 Å². The lowest BCUT2D eigenvalue weighted by Crippen LogP contribution is -2.34. The minimum atomic E-state index is -1.62. The van der Waals surface area contributed by atoms with Crippen LogP contribution in [-0.4, -0.2) is 14.4 Å². The van der Waals surface area contributed by atoms with E-state index in [4.69, 9.17) is 9.69 Å². The largest absolute Gasteiger partial charge is 0.402 e. The SMILES string of the molecule is C[Si](C)(C)OC(C#N)[C]1[CH][CH][CH][CH]1. The van der Waals surface area contributed by atoms with Gasteiger partial charge in [0, 0.05) is 5.92 Å². The quantitative estimate of drug-likeness (QED) is 0.642. The Labute approximate surface area is 82.0 Å². The molecular formula is C10H14NOSi. The van der Waals surface area contributed by atoms with Crippen molar-refractivity contribution in [2.24, 2.45) is 0 Å². The summed E-state index contributed by atoms with van der Waals surface area (Å²) in [6.07, 6.45) is 7.31. The molecule has 0 heterocycles. The molecule has 2 nitrogen and oxygen atoms in total. The van der Waals surface area contributed by atoms with Crippen LogP contribution in [0.3, 0.4) is 0 Å². The molecule has 0 N–H and O–H groups in total. The first-order chi connectivity index (χ1) is 6.03. The Kier molecular flexibility index (Phi) is 3.52. The van der Waals surface area contributed by atoms with Crippen molar-refractivity contribution < 1.29 is 4.43 Å². The molecule has 5 radical (unpaired) electrons. The summed E-state index contributed by atoms with van der Waals surface area (Å²) in [5.41, 5.74) is 0. The molecule has 69 valence electrons. The van der Waals surface area contributed by atoms with E-state index in [-0.39, 0.29) is 6.10 Å². The standard InChI is InChI=1S/C10H14NOSi/c1-13(2,3)12-10(8-11)9-6-4-5-7-9/h4-7,10H,1-3H3. The number of rotatable bonds is 3. The smallest absolute Gasteiger partial charge is 0.185 e. The molecule has 1 unspecified atom stereocenters. The topological polar surface area (TPSA) is 33.0 Å². The van der Waals surface area contributed by atoms with Gasteiger partial charge in [-0.15, -0.1) is 0 Å². The van der Waals surface area contributed by atoms with Crippen molar-refractivity contribution in [2.75, 3.05) is 0 Å². The van der Waals surface area contributed by atoms with Crippen LogP contribution in [0.15, 0.2) is 0 Å². The van der Waals surface area contributed by atoms with Crippen LogP contribution in [0.25, 0.3) is 0 Å². The fourth-order valence-electron chi connectivity index (χ4n) is 1.09. The third-order valence-electron chi connectivity index (χ3n) is 1.58. The normalized spacial score (nSPS) is 21.4. The molecule has 0 saturated heterocycles. The molecule has 0 bridgehead atoms. The highest BCUT2D eigenvalue weighted by Gasteiger charge is 2.30. The Balaban J connectivity index is 2.48. The van der Waals surface area contributed by atoms with Crippen molar-refractivity contribution >= 4 is 8.32 Å². The highest BCUT2D eigenvalue weighted by molar-refractivity contribution is 6.69. The Bertz CT molecular complexity index is 198. The summed E-state index contributed by atoms with van der Waals surface area (Å²) in [7, 11) is -1.62. The lowest BCUT2D eigenvalue weighted by molar-refractivity contribution is 0.269. The average molecular weight is 192 g/mol. The number of hydrogen-bond donors (Lipinski definition) is 0. The highest BCUT2D eigenvalue weighted by atomic mass is 28.4. The van der Waals surface area contributed by atoms with Crippen LogP contribution >= 0.6 is 0 Å². The molecule has 1 atom stereocenters. The molecule has 0 aromatic heterocycles. The summed E-state index contributed by atoms with van der Waals surface area (Å²) in [5, 5.41) is 8.91. The van der Waals surface area contributed by atoms with Gasteiger partial charge in [-0.1, -0.05) is 0 Å². The Morgan fingerprint density at radius 3 is 2.23 bits per heavy atom. The molecule has 0 aromatic rings. The summed E-state index contributed by atoms with van der Waals surface area (Å²) in [5.74, 6) is 0.963. The van der Waals surface area contributed by atoms with Crippen LogP contribution in [0.2, 0.25) is 19.6 Å². The van der Waals surface area contributed by atoms with Gasteiger partial charge < -0.3 is 4.43 Å². The maximum Gasteiger partial charge on any atom is 0.185 e. The summed E-state index contributed by atoms with van der Waals surface area (Å²) in [6.45, 7) is 6.25. The van der Waals surface area contributed by atoms with Gasteiger partial charge in [-0.2, -0.15) is 5.26 Å². The molecule has 0 aliphatic heterocycles. The van der Waals surface area contributed by atoms with Crippen LogP contribution in [0.5, 0.6) is 0 Å². The maximum absolute atomic E-state index is 8.91. The van der Waals surface area contributed by atoms with Crippen molar-refractivity contribution in [1.29, 1.82) is 5.26 Å². The Morgan fingerprint density at radius 2 is 1.85 bits per heavy atom. The van der Waals surface area contributed by atoms with E-state index in [1.165, 1.54) is 0 Å². The van der Waals surface area contributed by atoms with E-state index in [0.29, 0.717) is 0 Å². The van der Waals surface area contributed by atoms with Gasteiger partial charge in [-0.3, -0.25) is 0 Å². The van der Waals surface area contributed by atoms with Crippen LogP contribution in [0.1, 0.15) is 0 Å². The fourth-order valence-corrected chi connectivity index (χ4v) is 1.98. The lowest BCUT2D eigenvalue weighted by Gasteiger charge is -2.24. The van der Waals surface area contributed by atoms with Crippen molar-refractivity contribution in [3.05, 3.63) is 31.6 Å². The zero-order chi connectivity index (χ0) is 9.90. The zero-order valence-electron chi connectivity index (χ0n) is 8.24. The van der Waals surface area contributed by atoms with Crippen molar-refractivity contribution in [2.45, 2.75) is 25.7 Å². The molecule has 1 rings (SSSR count). The van der Waals surface area contributed by atoms with Gasteiger partial charge in [0.15, 0.2) is 8.32 Å². The first-order valence-electron chi connectivity index (χ1n) is 4.32. The van der Waals surface area contributed by atoms with E-state index in [1.807, 2.05) is 25.7 Å². The van der Waals surface area contributed by atoms with Gasteiger partial charge in [0.1, 0.15) is 6.10 Å².